The third kappa shape index (κ3) is 2.26. The van der Waals surface area contributed by atoms with E-state index in [2.05, 4.69) is 10.3 Å². The summed E-state index contributed by atoms with van der Waals surface area (Å²) in [7, 11) is 0. The molecule has 0 spiro atoms. The van der Waals surface area contributed by atoms with Gasteiger partial charge in [0, 0.05) is 28.2 Å². The Morgan fingerprint density at radius 3 is 2.70 bits per heavy atom. The summed E-state index contributed by atoms with van der Waals surface area (Å²) in [6.45, 7) is 0. The maximum Gasteiger partial charge on any atom is 0.267 e. The Morgan fingerprint density at radius 1 is 1.25 bits per heavy atom. The second kappa shape index (κ2) is 5.19. The lowest BCUT2D eigenvalue weighted by molar-refractivity contribution is 0.103. The molecule has 0 aliphatic rings. The number of nitrogens with zero attached hydrogens (tertiary/aromatic N) is 1. The Balaban J connectivity index is 2.00. The zero-order valence-electron chi connectivity index (χ0n) is 10.1. The van der Waals surface area contributed by atoms with E-state index in [0.717, 1.165) is 0 Å². The molecule has 0 bridgehead atoms. The fourth-order valence-corrected chi connectivity index (χ4v) is 3.29. The van der Waals surface area contributed by atoms with Gasteiger partial charge in [-0.1, -0.05) is 17.7 Å². The lowest BCUT2D eigenvalue weighted by Gasteiger charge is -2.02. The van der Waals surface area contributed by atoms with Crippen molar-refractivity contribution in [1.29, 1.82) is 0 Å². The smallest absolute Gasteiger partial charge is 0.267 e. The lowest BCUT2D eigenvalue weighted by Crippen LogP contribution is -2.10. The molecule has 2 heterocycles. The molecule has 1 amide bonds. The van der Waals surface area contributed by atoms with E-state index in [9.17, 15) is 9.18 Å². The van der Waals surface area contributed by atoms with Crippen LogP contribution in [-0.2, 0) is 0 Å². The first-order valence-corrected chi connectivity index (χ1v) is 6.94. The Kier molecular flexibility index (Phi) is 3.38. The van der Waals surface area contributed by atoms with Gasteiger partial charge >= 0.3 is 0 Å². The third-order valence-electron chi connectivity index (χ3n) is 2.75. The normalized spacial score (nSPS) is 10.7. The largest absolute Gasteiger partial charge is 0.321 e. The van der Waals surface area contributed by atoms with Crippen LogP contribution < -0.4 is 5.32 Å². The summed E-state index contributed by atoms with van der Waals surface area (Å²) in [6.07, 6.45) is 3.14. The van der Waals surface area contributed by atoms with Crippen LogP contribution in [0.4, 0.5) is 10.1 Å². The molecule has 1 N–H and O–H groups in total. The summed E-state index contributed by atoms with van der Waals surface area (Å²) < 4.78 is 14.4. The van der Waals surface area contributed by atoms with Crippen molar-refractivity contribution in [1.82, 2.24) is 4.98 Å². The summed E-state index contributed by atoms with van der Waals surface area (Å²) in [5, 5.41) is 3.14. The van der Waals surface area contributed by atoms with Crippen molar-refractivity contribution in [3.8, 4) is 0 Å². The number of nitrogens with one attached hydrogen (secondary N) is 1. The highest BCUT2D eigenvalue weighted by atomic mass is 35.5. The van der Waals surface area contributed by atoms with E-state index in [1.807, 2.05) is 0 Å². The summed E-state index contributed by atoms with van der Waals surface area (Å²) in [4.78, 5) is 16.3. The number of benzene rings is 1. The highest BCUT2D eigenvalue weighted by molar-refractivity contribution is 7.21. The number of anilines is 1. The van der Waals surface area contributed by atoms with Crippen LogP contribution in [0.2, 0.25) is 5.02 Å². The van der Waals surface area contributed by atoms with Gasteiger partial charge < -0.3 is 5.32 Å². The fraction of sp³-hybridized carbons (Fsp3) is 0. The molecule has 0 saturated carbocycles. The summed E-state index contributed by atoms with van der Waals surface area (Å²) in [6, 6.07) is 7.98. The average Bonchev–Trinajstić information content (AvgIpc) is 2.79. The Morgan fingerprint density at radius 2 is 2.00 bits per heavy atom. The monoisotopic (exact) mass is 306 g/mol. The van der Waals surface area contributed by atoms with Crippen LogP contribution in [0.15, 0.2) is 42.7 Å². The van der Waals surface area contributed by atoms with Gasteiger partial charge in [0.1, 0.15) is 10.7 Å². The highest BCUT2D eigenvalue weighted by Gasteiger charge is 2.19. The molecule has 1 aromatic carbocycles. The number of amides is 1. The van der Waals surface area contributed by atoms with Crippen LogP contribution in [0.1, 0.15) is 9.67 Å². The number of rotatable bonds is 2. The number of carbonyl (C=O) groups is 1. The van der Waals surface area contributed by atoms with Crippen molar-refractivity contribution in [2.75, 3.05) is 5.32 Å². The van der Waals surface area contributed by atoms with Gasteiger partial charge in [0.25, 0.3) is 5.91 Å². The average molecular weight is 307 g/mol. The minimum atomic E-state index is -0.424. The first kappa shape index (κ1) is 13.0. The number of halogens is 2. The number of aromatic nitrogens is 1. The van der Waals surface area contributed by atoms with Crippen LogP contribution in [0.3, 0.4) is 0 Å². The third-order valence-corrected chi connectivity index (χ3v) is 4.39. The zero-order chi connectivity index (χ0) is 14.1. The number of pyridine rings is 1. The SMILES string of the molecule is O=C(Nc1ccncc1)c1sc2cccc(F)c2c1Cl. The predicted molar refractivity (Wildman–Crippen MR) is 79.0 cm³/mol. The molecule has 3 rings (SSSR count). The number of fused-ring (bicyclic) bond motifs is 1. The van der Waals surface area contributed by atoms with E-state index < -0.39 is 5.82 Å². The van der Waals surface area contributed by atoms with E-state index >= 15 is 0 Å². The van der Waals surface area contributed by atoms with Gasteiger partial charge in [0.2, 0.25) is 0 Å². The molecule has 0 unspecified atom stereocenters. The summed E-state index contributed by atoms with van der Waals surface area (Å²) >= 11 is 7.29. The van der Waals surface area contributed by atoms with Crippen molar-refractivity contribution in [3.63, 3.8) is 0 Å². The van der Waals surface area contributed by atoms with Crippen LogP contribution in [0, 0.1) is 5.82 Å². The quantitative estimate of drug-likeness (QED) is 0.765. The molecule has 2 aromatic heterocycles. The number of carbonyl (C=O) groups excluding carboxylic acids is 1. The highest BCUT2D eigenvalue weighted by Crippen LogP contribution is 2.37. The Labute approximate surface area is 123 Å². The van der Waals surface area contributed by atoms with E-state index in [4.69, 9.17) is 11.6 Å². The lowest BCUT2D eigenvalue weighted by atomic mass is 10.2. The van der Waals surface area contributed by atoms with Gasteiger partial charge in [-0.05, 0) is 24.3 Å². The molecule has 100 valence electrons. The minimum Gasteiger partial charge on any atom is -0.321 e. The number of thiophene rings is 1. The molecule has 6 heteroatoms. The van der Waals surface area contributed by atoms with Crippen LogP contribution in [-0.4, -0.2) is 10.9 Å². The molecule has 20 heavy (non-hydrogen) atoms. The van der Waals surface area contributed by atoms with E-state index in [1.165, 1.54) is 17.4 Å². The number of hydrogen-bond donors (Lipinski definition) is 1. The molecule has 0 aliphatic heterocycles. The van der Waals surface area contributed by atoms with Crippen LogP contribution >= 0.6 is 22.9 Å². The van der Waals surface area contributed by atoms with E-state index in [1.54, 1.807) is 36.7 Å². The molecule has 0 radical (unpaired) electrons. The Hall–Kier alpha value is -1.98. The topological polar surface area (TPSA) is 42.0 Å². The van der Waals surface area contributed by atoms with Gasteiger partial charge in [0.05, 0.1) is 5.02 Å². The zero-order valence-corrected chi connectivity index (χ0v) is 11.6. The van der Waals surface area contributed by atoms with Crippen molar-refractivity contribution >= 4 is 44.6 Å². The van der Waals surface area contributed by atoms with Crippen molar-refractivity contribution in [2.24, 2.45) is 0 Å². The van der Waals surface area contributed by atoms with Crippen molar-refractivity contribution < 1.29 is 9.18 Å². The minimum absolute atomic E-state index is 0.148. The maximum atomic E-state index is 13.7. The van der Waals surface area contributed by atoms with Crippen LogP contribution in [0.25, 0.3) is 10.1 Å². The van der Waals surface area contributed by atoms with E-state index in [-0.39, 0.29) is 10.9 Å². The molecular weight excluding hydrogens is 299 g/mol. The summed E-state index contributed by atoms with van der Waals surface area (Å²) in [5.74, 6) is -0.784. The molecule has 0 aliphatic carbocycles. The molecular formula is C14H8ClFN2OS. The van der Waals surface area contributed by atoms with Gasteiger partial charge in [-0.25, -0.2) is 4.39 Å². The molecule has 0 fully saturated rings. The van der Waals surface area contributed by atoms with Gasteiger partial charge in [-0.2, -0.15) is 0 Å². The molecule has 3 aromatic rings. The van der Waals surface area contributed by atoms with Gasteiger partial charge in [-0.15, -0.1) is 11.3 Å². The standard InChI is InChI=1S/C14H8ClFN2OS/c15-12-11-9(16)2-1-3-10(11)20-13(12)14(19)18-8-4-6-17-7-5-8/h1-7H,(H,17,18,19). The van der Waals surface area contributed by atoms with Crippen molar-refractivity contribution in [2.45, 2.75) is 0 Å². The second-order valence-electron chi connectivity index (χ2n) is 4.05. The van der Waals surface area contributed by atoms with Crippen molar-refractivity contribution in [3.05, 3.63) is 58.4 Å². The maximum absolute atomic E-state index is 13.7. The summed E-state index contributed by atoms with van der Waals surface area (Å²) in [5.41, 5.74) is 0.610. The molecule has 0 saturated heterocycles. The Bertz CT molecular complexity index is 788. The fourth-order valence-electron chi connectivity index (χ4n) is 1.84. The first-order valence-electron chi connectivity index (χ1n) is 5.74. The van der Waals surface area contributed by atoms with Gasteiger partial charge in [-0.3, -0.25) is 9.78 Å². The van der Waals surface area contributed by atoms with Gasteiger partial charge in [0.15, 0.2) is 0 Å². The molecule has 3 nitrogen and oxygen atoms in total. The van der Waals surface area contributed by atoms with Crippen LogP contribution in [0.5, 0.6) is 0 Å². The molecule has 0 atom stereocenters. The number of hydrogen-bond acceptors (Lipinski definition) is 3. The van der Waals surface area contributed by atoms with E-state index in [0.29, 0.717) is 20.7 Å². The second-order valence-corrected chi connectivity index (χ2v) is 5.48. The first-order chi connectivity index (χ1) is 9.66. The predicted octanol–water partition coefficient (Wildman–Crippen LogP) is 4.34.